The fraction of sp³-hybridized carbons (Fsp3) is 0.750. The van der Waals surface area contributed by atoms with E-state index in [-0.39, 0.29) is 24.2 Å². The van der Waals surface area contributed by atoms with Gasteiger partial charge in [-0.05, 0) is 30.2 Å². The zero-order valence-corrected chi connectivity index (χ0v) is 11.8. The quantitative estimate of drug-likeness (QED) is 0.695. The Balaban J connectivity index is 1.93. The van der Waals surface area contributed by atoms with Crippen LogP contribution in [0.2, 0.25) is 0 Å². The molecule has 1 aromatic heterocycles. The summed E-state index contributed by atoms with van der Waals surface area (Å²) in [5.74, 6) is 0.0285. The van der Waals surface area contributed by atoms with Gasteiger partial charge in [0.2, 0.25) is 5.91 Å². The monoisotopic (exact) mass is 281 g/mol. The predicted octanol–water partition coefficient (Wildman–Crippen LogP) is -0.446. The number of hydrogen-bond donors (Lipinski definition) is 0. The van der Waals surface area contributed by atoms with E-state index in [4.69, 9.17) is 4.74 Å². The van der Waals surface area contributed by atoms with Gasteiger partial charge in [-0.3, -0.25) is 9.59 Å². The maximum absolute atomic E-state index is 12.2. The van der Waals surface area contributed by atoms with Crippen molar-refractivity contribution < 1.29 is 14.3 Å². The number of tetrazole rings is 1. The molecular formula is C12H19N5O3. The number of rotatable bonds is 4. The second kappa shape index (κ2) is 6.44. The molecule has 0 spiro atoms. The molecule has 1 aliphatic rings. The minimum absolute atomic E-state index is 0.0584. The van der Waals surface area contributed by atoms with Gasteiger partial charge in [-0.15, -0.1) is 5.10 Å². The Hall–Kier alpha value is -1.99. The van der Waals surface area contributed by atoms with Crippen LogP contribution in [0.5, 0.6) is 0 Å². The highest BCUT2D eigenvalue weighted by molar-refractivity contribution is 5.79. The van der Waals surface area contributed by atoms with Gasteiger partial charge >= 0.3 is 5.97 Å². The lowest BCUT2D eigenvalue weighted by Crippen LogP contribution is -2.43. The lowest BCUT2D eigenvalue weighted by atomic mass is 9.98. The Kier molecular flexibility index (Phi) is 4.65. The lowest BCUT2D eigenvalue weighted by Gasteiger charge is -2.31. The van der Waals surface area contributed by atoms with E-state index in [2.05, 4.69) is 15.5 Å². The van der Waals surface area contributed by atoms with Gasteiger partial charge in [-0.25, -0.2) is 4.68 Å². The van der Waals surface area contributed by atoms with E-state index in [1.54, 1.807) is 18.9 Å². The van der Waals surface area contributed by atoms with E-state index in [0.29, 0.717) is 25.5 Å². The first-order chi connectivity index (χ1) is 9.61. The number of amides is 1. The Morgan fingerprint density at radius 1 is 1.45 bits per heavy atom. The average Bonchev–Trinajstić information content (AvgIpc) is 2.85. The highest BCUT2D eigenvalue weighted by atomic mass is 16.5. The standard InChI is InChI=1S/C12H19N5O3/c1-3-20-12(19)9-5-4-6-17(8-9)11(18)7-10-13-14-15-16(10)2/h9H,3-8H2,1-2H3. The summed E-state index contributed by atoms with van der Waals surface area (Å²) in [6.07, 6.45) is 1.74. The van der Waals surface area contributed by atoms with Crippen molar-refractivity contribution in [1.82, 2.24) is 25.1 Å². The van der Waals surface area contributed by atoms with Crippen LogP contribution < -0.4 is 0 Å². The maximum atomic E-state index is 12.2. The van der Waals surface area contributed by atoms with Gasteiger partial charge in [0.1, 0.15) is 0 Å². The summed E-state index contributed by atoms with van der Waals surface area (Å²) in [4.78, 5) is 25.6. The Morgan fingerprint density at radius 3 is 2.90 bits per heavy atom. The fourth-order valence-corrected chi connectivity index (χ4v) is 2.30. The van der Waals surface area contributed by atoms with Crippen molar-refractivity contribution in [2.75, 3.05) is 19.7 Å². The number of ether oxygens (including phenoxy) is 1. The number of aromatic nitrogens is 4. The Bertz CT molecular complexity index is 487. The summed E-state index contributed by atoms with van der Waals surface area (Å²) in [5, 5.41) is 11.0. The first-order valence-electron chi connectivity index (χ1n) is 6.77. The van der Waals surface area contributed by atoms with Crippen LogP contribution in [0.15, 0.2) is 0 Å². The first-order valence-corrected chi connectivity index (χ1v) is 6.77. The van der Waals surface area contributed by atoms with Crippen molar-refractivity contribution in [1.29, 1.82) is 0 Å². The molecule has 8 heteroatoms. The van der Waals surface area contributed by atoms with Crippen LogP contribution in [0.3, 0.4) is 0 Å². The van der Waals surface area contributed by atoms with Crippen molar-refractivity contribution in [3.63, 3.8) is 0 Å². The highest BCUT2D eigenvalue weighted by Crippen LogP contribution is 2.18. The predicted molar refractivity (Wildman–Crippen MR) is 68.4 cm³/mol. The van der Waals surface area contributed by atoms with Gasteiger partial charge in [0.25, 0.3) is 0 Å². The van der Waals surface area contributed by atoms with Gasteiger partial charge < -0.3 is 9.64 Å². The first kappa shape index (κ1) is 14.4. The van der Waals surface area contributed by atoms with E-state index < -0.39 is 0 Å². The molecule has 0 aliphatic carbocycles. The molecule has 2 rings (SSSR count). The molecule has 1 saturated heterocycles. The molecule has 1 aromatic rings. The molecular weight excluding hydrogens is 262 g/mol. The smallest absolute Gasteiger partial charge is 0.310 e. The minimum Gasteiger partial charge on any atom is -0.466 e. The molecule has 1 unspecified atom stereocenters. The molecule has 20 heavy (non-hydrogen) atoms. The lowest BCUT2D eigenvalue weighted by molar-refractivity contribution is -0.151. The Morgan fingerprint density at radius 2 is 2.25 bits per heavy atom. The van der Waals surface area contributed by atoms with Gasteiger partial charge in [0, 0.05) is 20.1 Å². The molecule has 1 aliphatic heterocycles. The Labute approximate surface area is 117 Å². The van der Waals surface area contributed by atoms with Crippen LogP contribution >= 0.6 is 0 Å². The van der Waals surface area contributed by atoms with E-state index in [1.165, 1.54) is 4.68 Å². The summed E-state index contributed by atoms with van der Waals surface area (Å²) in [7, 11) is 1.69. The summed E-state index contributed by atoms with van der Waals surface area (Å²) in [6, 6.07) is 0. The van der Waals surface area contributed by atoms with E-state index in [1.807, 2.05) is 0 Å². The van der Waals surface area contributed by atoms with E-state index in [9.17, 15) is 9.59 Å². The third kappa shape index (κ3) is 3.31. The number of nitrogens with zero attached hydrogens (tertiary/aromatic N) is 5. The molecule has 110 valence electrons. The number of esters is 1. The van der Waals surface area contributed by atoms with Crippen LogP contribution in [0, 0.1) is 5.92 Å². The number of carbonyl (C=O) groups excluding carboxylic acids is 2. The number of likely N-dealkylation sites (tertiary alicyclic amines) is 1. The van der Waals surface area contributed by atoms with Crippen LogP contribution in [-0.4, -0.2) is 56.7 Å². The molecule has 0 saturated carbocycles. The summed E-state index contributed by atoms with van der Waals surface area (Å²) >= 11 is 0. The van der Waals surface area contributed by atoms with Crippen LogP contribution in [0.25, 0.3) is 0 Å². The molecule has 1 fully saturated rings. The van der Waals surface area contributed by atoms with Gasteiger partial charge in [-0.2, -0.15) is 0 Å². The maximum Gasteiger partial charge on any atom is 0.310 e. The normalized spacial score (nSPS) is 18.9. The molecule has 0 bridgehead atoms. The molecule has 0 radical (unpaired) electrons. The summed E-state index contributed by atoms with van der Waals surface area (Å²) in [5.41, 5.74) is 0. The zero-order chi connectivity index (χ0) is 14.5. The molecule has 1 amide bonds. The molecule has 2 heterocycles. The SMILES string of the molecule is CCOC(=O)C1CCCN(C(=O)Cc2nnnn2C)C1. The molecule has 0 N–H and O–H groups in total. The second-order valence-corrected chi connectivity index (χ2v) is 4.83. The van der Waals surface area contributed by atoms with Crippen molar-refractivity contribution >= 4 is 11.9 Å². The van der Waals surface area contributed by atoms with Crippen molar-refractivity contribution in [3.8, 4) is 0 Å². The topological polar surface area (TPSA) is 90.2 Å². The van der Waals surface area contributed by atoms with Gasteiger partial charge in [-0.1, -0.05) is 0 Å². The van der Waals surface area contributed by atoms with Crippen LogP contribution in [0.1, 0.15) is 25.6 Å². The van der Waals surface area contributed by atoms with Crippen LogP contribution in [0.4, 0.5) is 0 Å². The summed E-state index contributed by atoms with van der Waals surface area (Å²) in [6.45, 7) is 3.24. The number of carbonyl (C=O) groups is 2. The van der Waals surface area contributed by atoms with Crippen molar-refractivity contribution in [2.45, 2.75) is 26.2 Å². The molecule has 8 nitrogen and oxygen atoms in total. The number of piperidine rings is 1. The second-order valence-electron chi connectivity index (χ2n) is 4.83. The minimum atomic E-state index is -0.217. The van der Waals surface area contributed by atoms with E-state index in [0.717, 1.165) is 12.8 Å². The largest absolute Gasteiger partial charge is 0.466 e. The highest BCUT2D eigenvalue weighted by Gasteiger charge is 2.29. The third-order valence-corrected chi connectivity index (χ3v) is 3.41. The number of hydrogen-bond acceptors (Lipinski definition) is 6. The zero-order valence-electron chi connectivity index (χ0n) is 11.8. The van der Waals surface area contributed by atoms with Crippen LogP contribution in [-0.2, 0) is 27.8 Å². The van der Waals surface area contributed by atoms with Crippen molar-refractivity contribution in [2.24, 2.45) is 13.0 Å². The fourth-order valence-electron chi connectivity index (χ4n) is 2.30. The molecule has 0 aromatic carbocycles. The molecule has 1 atom stereocenters. The number of aryl methyl sites for hydroxylation is 1. The van der Waals surface area contributed by atoms with E-state index >= 15 is 0 Å². The third-order valence-electron chi connectivity index (χ3n) is 3.41. The summed E-state index contributed by atoms with van der Waals surface area (Å²) < 4.78 is 6.50. The van der Waals surface area contributed by atoms with Gasteiger partial charge in [0.05, 0.1) is 18.9 Å². The van der Waals surface area contributed by atoms with Gasteiger partial charge in [0.15, 0.2) is 5.82 Å². The average molecular weight is 281 g/mol. The van der Waals surface area contributed by atoms with Crippen molar-refractivity contribution in [3.05, 3.63) is 5.82 Å².